The molecule has 1 unspecified atom stereocenters. The van der Waals surface area contributed by atoms with E-state index >= 15 is 0 Å². The highest BCUT2D eigenvalue weighted by Gasteiger charge is 2.37. The highest BCUT2D eigenvalue weighted by atomic mass is 79.9. The van der Waals surface area contributed by atoms with Crippen molar-refractivity contribution in [3.05, 3.63) is 22.8 Å². The van der Waals surface area contributed by atoms with Crippen molar-refractivity contribution >= 4 is 21.7 Å². The van der Waals surface area contributed by atoms with Crippen LogP contribution in [0, 0.1) is 0 Å². The Balaban J connectivity index is 2.47. The van der Waals surface area contributed by atoms with Gasteiger partial charge in [-0.3, -0.25) is 0 Å². The molecule has 1 aromatic rings. The van der Waals surface area contributed by atoms with Crippen molar-refractivity contribution in [3.63, 3.8) is 0 Å². The van der Waals surface area contributed by atoms with Gasteiger partial charge in [0.25, 0.3) is 0 Å². The molecule has 0 saturated heterocycles. The first kappa shape index (κ1) is 12.3. The smallest absolute Gasteiger partial charge is 0.382 e. The maximum absolute atomic E-state index is 11.9. The number of nitrogens with zero attached hydrogens (tertiary/aromatic N) is 1. The minimum Gasteiger partial charge on any atom is -0.382 e. The summed E-state index contributed by atoms with van der Waals surface area (Å²) < 4.78 is 36.4. The van der Waals surface area contributed by atoms with E-state index < -0.39 is 18.8 Å². The molecule has 0 aromatic carbocycles. The van der Waals surface area contributed by atoms with Crippen LogP contribution >= 0.6 is 15.9 Å². The Hall–Kier alpha value is -0.820. The maximum atomic E-state index is 11.9. The van der Waals surface area contributed by atoms with E-state index in [4.69, 9.17) is 5.11 Å². The van der Waals surface area contributed by atoms with Crippen molar-refractivity contribution in [1.29, 1.82) is 0 Å². The molecule has 7 heteroatoms. The van der Waals surface area contributed by atoms with E-state index in [2.05, 4.69) is 26.2 Å². The number of aromatic nitrogens is 1. The van der Waals surface area contributed by atoms with Gasteiger partial charge in [-0.1, -0.05) is 0 Å². The van der Waals surface area contributed by atoms with Gasteiger partial charge in [-0.15, -0.1) is 0 Å². The van der Waals surface area contributed by atoms with Crippen LogP contribution in [0.1, 0.15) is 0 Å². The zero-order chi connectivity index (χ0) is 11.5. The Kier molecular flexibility index (Phi) is 3.92. The fourth-order valence-corrected chi connectivity index (χ4v) is 1.03. The third-order valence-corrected chi connectivity index (χ3v) is 2.05. The van der Waals surface area contributed by atoms with Gasteiger partial charge in [0.2, 0.25) is 0 Å². The largest absolute Gasteiger partial charge is 0.416 e. The number of aliphatic hydroxyl groups is 1. The second-order valence-corrected chi connectivity index (χ2v) is 3.72. The number of alkyl halides is 3. The molecule has 0 radical (unpaired) electrons. The Labute approximate surface area is 92.5 Å². The molecule has 84 valence electrons. The summed E-state index contributed by atoms with van der Waals surface area (Å²) in [6.07, 6.45) is -5.55. The summed E-state index contributed by atoms with van der Waals surface area (Å²) in [6, 6.07) is 3.14. The SMILES string of the molecule is OC(CNc1ccc(Br)cn1)C(F)(F)F. The van der Waals surface area contributed by atoms with Crippen molar-refractivity contribution in [2.45, 2.75) is 12.3 Å². The standard InChI is InChI=1S/C8H8BrF3N2O/c9-5-1-2-7(13-3-5)14-4-6(15)8(10,11)12/h1-3,6,15H,4H2,(H,13,14). The van der Waals surface area contributed by atoms with Crippen molar-refractivity contribution in [2.24, 2.45) is 0 Å². The van der Waals surface area contributed by atoms with Crippen LogP contribution in [-0.4, -0.2) is 28.9 Å². The number of hydrogen-bond acceptors (Lipinski definition) is 3. The molecule has 0 fully saturated rings. The molecule has 2 N–H and O–H groups in total. The van der Waals surface area contributed by atoms with E-state index in [0.717, 1.165) is 4.47 Å². The number of halogens is 4. The second kappa shape index (κ2) is 4.80. The van der Waals surface area contributed by atoms with Crippen LogP contribution in [0.5, 0.6) is 0 Å². The van der Waals surface area contributed by atoms with Gasteiger partial charge in [-0.2, -0.15) is 13.2 Å². The van der Waals surface area contributed by atoms with Crippen LogP contribution in [0.2, 0.25) is 0 Å². The first-order valence-electron chi connectivity index (χ1n) is 4.00. The molecule has 3 nitrogen and oxygen atoms in total. The summed E-state index contributed by atoms with van der Waals surface area (Å²) in [4.78, 5) is 3.80. The van der Waals surface area contributed by atoms with Gasteiger partial charge in [0.05, 0.1) is 6.54 Å². The van der Waals surface area contributed by atoms with Gasteiger partial charge in [-0.25, -0.2) is 4.98 Å². The van der Waals surface area contributed by atoms with Crippen LogP contribution in [0.25, 0.3) is 0 Å². The van der Waals surface area contributed by atoms with Crippen LogP contribution in [-0.2, 0) is 0 Å². The molecule has 0 bridgehead atoms. The average molecular weight is 285 g/mol. The summed E-state index contributed by atoms with van der Waals surface area (Å²) in [6.45, 7) is -0.613. The molecule has 1 heterocycles. The van der Waals surface area contributed by atoms with Crippen molar-refractivity contribution in [3.8, 4) is 0 Å². The third kappa shape index (κ3) is 4.05. The fraction of sp³-hybridized carbons (Fsp3) is 0.375. The zero-order valence-corrected chi connectivity index (χ0v) is 9.01. The van der Waals surface area contributed by atoms with Gasteiger partial charge >= 0.3 is 6.18 Å². The number of aliphatic hydroxyl groups excluding tert-OH is 1. The van der Waals surface area contributed by atoms with Crippen molar-refractivity contribution in [2.75, 3.05) is 11.9 Å². The second-order valence-electron chi connectivity index (χ2n) is 2.80. The molecule has 1 aromatic heterocycles. The summed E-state index contributed by atoms with van der Waals surface area (Å²) in [5, 5.41) is 11.1. The van der Waals surface area contributed by atoms with Gasteiger partial charge in [0.15, 0.2) is 6.10 Å². The molecule has 1 rings (SSSR count). The lowest BCUT2D eigenvalue weighted by atomic mass is 10.3. The predicted molar refractivity (Wildman–Crippen MR) is 52.5 cm³/mol. The van der Waals surface area contributed by atoms with Gasteiger partial charge in [-0.05, 0) is 28.1 Å². The minimum atomic E-state index is -4.61. The lowest BCUT2D eigenvalue weighted by Gasteiger charge is -2.15. The topological polar surface area (TPSA) is 45.1 Å². The van der Waals surface area contributed by atoms with E-state index in [9.17, 15) is 13.2 Å². The summed E-state index contributed by atoms with van der Waals surface area (Å²) in [5.41, 5.74) is 0. The number of pyridine rings is 1. The zero-order valence-electron chi connectivity index (χ0n) is 7.42. The van der Waals surface area contributed by atoms with Crippen molar-refractivity contribution in [1.82, 2.24) is 4.98 Å². The van der Waals surface area contributed by atoms with E-state index in [1.54, 1.807) is 6.07 Å². The summed E-state index contributed by atoms with van der Waals surface area (Å²) in [7, 11) is 0. The highest BCUT2D eigenvalue weighted by molar-refractivity contribution is 9.10. The third-order valence-electron chi connectivity index (χ3n) is 1.58. The normalized spacial score (nSPS) is 13.7. The molecule has 0 aliphatic heterocycles. The van der Waals surface area contributed by atoms with E-state index in [0.29, 0.717) is 0 Å². The molecule has 0 spiro atoms. The first-order chi connectivity index (χ1) is 6.89. The molecular weight excluding hydrogens is 277 g/mol. The molecule has 0 saturated carbocycles. The van der Waals surface area contributed by atoms with Crippen molar-refractivity contribution < 1.29 is 18.3 Å². The van der Waals surface area contributed by atoms with Crippen LogP contribution in [0.15, 0.2) is 22.8 Å². The maximum Gasteiger partial charge on any atom is 0.416 e. The Morgan fingerprint density at radius 2 is 2.13 bits per heavy atom. The lowest BCUT2D eigenvalue weighted by molar-refractivity contribution is -0.198. The Morgan fingerprint density at radius 3 is 2.60 bits per heavy atom. The molecule has 0 aliphatic rings. The minimum absolute atomic E-state index is 0.279. The van der Waals surface area contributed by atoms with E-state index in [-0.39, 0.29) is 5.82 Å². The fourth-order valence-electron chi connectivity index (χ4n) is 0.797. The quantitative estimate of drug-likeness (QED) is 0.894. The number of anilines is 1. The first-order valence-corrected chi connectivity index (χ1v) is 4.79. The van der Waals surface area contributed by atoms with Gasteiger partial charge in [0, 0.05) is 10.7 Å². The average Bonchev–Trinajstić information content (AvgIpc) is 2.15. The number of rotatable bonds is 3. The van der Waals surface area contributed by atoms with Crippen LogP contribution in [0.4, 0.5) is 19.0 Å². The number of hydrogen-bond donors (Lipinski definition) is 2. The highest BCUT2D eigenvalue weighted by Crippen LogP contribution is 2.20. The van der Waals surface area contributed by atoms with Gasteiger partial charge < -0.3 is 10.4 Å². The predicted octanol–water partition coefficient (Wildman–Crippen LogP) is 2.18. The van der Waals surface area contributed by atoms with Crippen LogP contribution < -0.4 is 5.32 Å². The molecule has 15 heavy (non-hydrogen) atoms. The van der Waals surface area contributed by atoms with Crippen LogP contribution in [0.3, 0.4) is 0 Å². The molecular formula is C8H8BrF3N2O. The van der Waals surface area contributed by atoms with E-state index in [1.807, 2.05) is 0 Å². The number of nitrogens with one attached hydrogen (secondary N) is 1. The van der Waals surface area contributed by atoms with E-state index in [1.165, 1.54) is 12.3 Å². The molecule has 1 atom stereocenters. The molecule has 0 amide bonds. The Morgan fingerprint density at radius 1 is 1.47 bits per heavy atom. The summed E-state index contributed by atoms with van der Waals surface area (Å²) >= 11 is 3.14. The Bertz CT molecular complexity index is 315. The molecule has 0 aliphatic carbocycles. The van der Waals surface area contributed by atoms with Gasteiger partial charge in [0.1, 0.15) is 5.82 Å². The summed E-state index contributed by atoms with van der Waals surface area (Å²) in [5.74, 6) is 0.279. The lowest BCUT2D eigenvalue weighted by Crippen LogP contribution is -2.35. The monoisotopic (exact) mass is 284 g/mol.